The van der Waals surface area contributed by atoms with Crippen LogP contribution in [0.15, 0.2) is 24.3 Å². The maximum Gasteiger partial charge on any atom is 0.119 e. The summed E-state index contributed by atoms with van der Waals surface area (Å²) in [4.78, 5) is 0.588. The highest BCUT2D eigenvalue weighted by atomic mass is 79.9. The normalized spacial score (nSPS) is 17.5. The van der Waals surface area contributed by atoms with Gasteiger partial charge in [0.15, 0.2) is 0 Å². The Balaban J connectivity index is 1.92. The van der Waals surface area contributed by atoms with E-state index in [2.05, 4.69) is 47.1 Å². The molecule has 0 aliphatic heterocycles. The van der Waals surface area contributed by atoms with Crippen LogP contribution in [0.5, 0.6) is 5.75 Å². The summed E-state index contributed by atoms with van der Waals surface area (Å²) in [6, 6.07) is 8.49. The molecule has 0 spiro atoms. The first-order valence-corrected chi connectivity index (χ1v) is 6.55. The van der Waals surface area contributed by atoms with E-state index in [1.165, 1.54) is 24.8 Å². The van der Waals surface area contributed by atoms with Gasteiger partial charge in [-0.05, 0) is 43.4 Å². The lowest BCUT2D eigenvalue weighted by Gasteiger charge is -2.07. The Kier molecular flexibility index (Phi) is 3.68. The summed E-state index contributed by atoms with van der Waals surface area (Å²) in [6.45, 7) is 2.19. The Bertz CT molecular complexity index is 318. The van der Waals surface area contributed by atoms with E-state index in [0.29, 0.717) is 10.9 Å². The number of halogens is 1. The zero-order valence-corrected chi connectivity index (χ0v) is 10.7. The van der Waals surface area contributed by atoms with E-state index in [1.807, 2.05) is 0 Å². The molecule has 1 nitrogen and oxygen atoms in total. The van der Waals surface area contributed by atoms with Gasteiger partial charge < -0.3 is 4.74 Å². The lowest BCUT2D eigenvalue weighted by molar-refractivity contribution is 0.303. The topological polar surface area (TPSA) is 9.23 Å². The van der Waals surface area contributed by atoms with E-state index in [9.17, 15) is 0 Å². The molecule has 0 N–H and O–H groups in total. The van der Waals surface area contributed by atoms with Gasteiger partial charge in [0.2, 0.25) is 0 Å². The van der Waals surface area contributed by atoms with Crippen molar-refractivity contribution in [3.8, 4) is 5.75 Å². The fourth-order valence-electron chi connectivity index (χ4n) is 1.52. The van der Waals surface area contributed by atoms with E-state index in [-0.39, 0.29) is 0 Å². The number of alkyl halides is 1. The third kappa shape index (κ3) is 3.86. The van der Waals surface area contributed by atoms with Crippen molar-refractivity contribution in [3.63, 3.8) is 0 Å². The maximum atomic E-state index is 5.76. The largest absolute Gasteiger partial charge is 0.490 e. The number of aryl methyl sites for hydroxylation is 1. The van der Waals surface area contributed by atoms with Crippen LogP contribution in [0, 0.1) is 0 Å². The van der Waals surface area contributed by atoms with Gasteiger partial charge in [0.25, 0.3) is 0 Å². The highest BCUT2D eigenvalue weighted by Crippen LogP contribution is 2.27. The molecule has 0 bridgehead atoms. The highest BCUT2D eigenvalue weighted by molar-refractivity contribution is 9.09. The van der Waals surface area contributed by atoms with Crippen LogP contribution in [0.4, 0.5) is 0 Å². The van der Waals surface area contributed by atoms with Crippen molar-refractivity contribution in [2.24, 2.45) is 0 Å². The second-order valence-corrected chi connectivity index (χ2v) is 5.85. The molecule has 2 rings (SSSR count). The molecule has 1 atom stereocenters. The minimum absolute atomic E-state index is 0.496. The van der Waals surface area contributed by atoms with Crippen molar-refractivity contribution in [1.29, 1.82) is 0 Å². The summed E-state index contributed by atoms with van der Waals surface area (Å²) in [5.74, 6) is 1.04. The summed E-state index contributed by atoms with van der Waals surface area (Å²) >= 11 is 3.57. The molecular weight excluding hydrogens is 252 g/mol. The molecule has 0 amide bonds. The fourth-order valence-corrected chi connectivity index (χ4v) is 1.75. The van der Waals surface area contributed by atoms with Crippen LogP contribution < -0.4 is 4.74 Å². The van der Waals surface area contributed by atoms with Crippen LogP contribution in [-0.2, 0) is 6.42 Å². The quantitative estimate of drug-likeness (QED) is 0.735. The van der Waals surface area contributed by atoms with Crippen LogP contribution >= 0.6 is 15.9 Å². The van der Waals surface area contributed by atoms with Crippen molar-refractivity contribution in [2.45, 2.75) is 43.5 Å². The third-order valence-electron chi connectivity index (χ3n) is 2.56. The lowest BCUT2D eigenvalue weighted by Crippen LogP contribution is -1.98. The van der Waals surface area contributed by atoms with Crippen LogP contribution in [0.3, 0.4) is 0 Å². The first kappa shape index (κ1) is 11.0. The van der Waals surface area contributed by atoms with E-state index in [1.54, 1.807) is 0 Å². The van der Waals surface area contributed by atoms with Gasteiger partial charge in [-0.3, -0.25) is 0 Å². The summed E-state index contributed by atoms with van der Waals surface area (Å²) < 4.78 is 5.76. The second kappa shape index (κ2) is 5.02. The Hall–Kier alpha value is -0.500. The molecule has 1 aromatic rings. The molecule has 1 aliphatic rings. The molecular formula is C13H17BrO. The van der Waals surface area contributed by atoms with Gasteiger partial charge in [-0.1, -0.05) is 35.0 Å². The zero-order valence-electron chi connectivity index (χ0n) is 9.08. The molecule has 0 heterocycles. The number of ether oxygens (including phenoxy) is 1. The zero-order chi connectivity index (χ0) is 10.7. The number of hydrogen-bond donors (Lipinski definition) is 0. The SMILES string of the molecule is CC(Br)CCc1cccc(OC2CC2)c1. The van der Waals surface area contributed by atoms with E-state index in [0.717, 1.165) is 12.2 Å². The van der Waals surface area contributed by atoms with Crippen LogP contribution in [0.1, 0.15) is 31.7 Å². The Morgan fingerprint density at radius 3 is 2.93 bits per heavy atom. The second-order valence-electron chi connectivity index (χ2n) is 4.28. The Morgan fingerprint density at radius 2 is 2.27 bits per heavy atom. The molecule has 1 fully saturated rings. The minimum Gasteiger partial charge on any atom is -0.490 e. The Morgan fingerprint density at radius 1 is 1.47 bits per heavy atom. The van der Waals surface area contributed by atoms with Gasteiger partial charge in [-0.15, -0.1) is 0 Å². The van der Waals surface area contributed by atoms with Crippen molar-refractivity contribution in [1.82, 2.24) is 0 Å². The molecule has 1 unspecified atom stereocenters. The average Bonchev–Trinajstić information content (AvgIpc) is 2.99. The molecule has 0 aromatic heterocycles. The Labute approximate surface area is 100.0 Å². The molecule has 82 valence electrons. The van der Waals surface area contributed by atoms with E-state index >= 15 is 0 Å². The lowest BCUT2D eigenvalue weighted by atomic mass is 10.1. The predicted molar refractivity (Wildman–Crippen MR) is 66.8 cm³/mol. The molecule has 1 saturated carbocycles. The average molecular weight is 269 g/mol. The van der Waals surface area contributed by atoms with Crippen molar-refractivity contribution in [2.75, 3.05) is 0 Å². The first-order valence-electron chi connectivity index (χ1n) is 5.64. The summed E-state index contributed by atoms with van der Waals surface area (Å²) in [5, 5.41) is 0. The van der Waals surface area contributed by atoms with Gasteiger partial charge in [0.05, 0.1) is 6.10 Å². The minimum atomic E-state index is 0.496. The van der Waals surface area contributed by atoms with Gasteiger partial charge >= 0.3 is 0 Å². The van der Waals surface area contributed by atoms with Crippen molar-refractivity contribution >= 4 is 15.9 Å². The highest BCUT2D eigenvalue weighted by Gasteiger charge is 2.23. The molecule has 1 aromatic carbocycles. The van der Waals surface area contributed by atoms with Crippen molar-refractivity contribution in [3.05, 3.63) is 29.8 Å². The smallest absolute Gasteiger partial charge is 0.119 e. The van der Waals surface area contributed by atoms with Crippen LogP contribution in [0.25, 0.3) is 0 Å². The first-order chi connectivity index (χ1) is 7.24. The summed E-state index contributed by atoms with van der Waals surface area (Å²) in [7, 11) is 0. The molecule has 1 aliphatic carbocycles. The van der Waals surface area contributed by atoms with Gasteiger partial charge in [0.1, 0.15) is 5.75 Å². The predicted octanol–water partition coefficient (Wildman–Crippen LogP) is 3.94. The number of rotatable bonds is 5. The van der Waals surface area contributed by atoms with Crippen LogP contribution in [-0.4, -0.2) is 10.9 Å². The standard InChI is InChI=1S/C13H17BrO/c1-10(14)5-6-11-3-2-4-13(9-11)15-12-7-8-12/h2-4,9-10,12H,5-8H2,1H3. The third-order valence-corrected chi connectivity index (χ3v) is 3.01. The van der Waals surface area contributed by atoms with Crippen LogP contribution in [0.2, 0.25) is 0 Å². The van der Waals surface area contributed by atoms with Gasteiger partial charge in [-0.25, -0.2) is 0 Å². The number of benzene rings is 1. The number of hydrogen-bond acceptors (Lipinski definition) is 1. The van der Waals surface area contributed by atoms with Gasteiger partial charge in [0, 0.05) is 4.83 Å². The molecule has 0 radical (unpaired) electrons. The van der Waals surface area contributed by atoms with E-state index < -0.39 is 0 Å². The van der Waals surface area contributed by atoms with E-state index in [4.69, 9.17) is 4.74 Å². The molecule has 2 heteroatoms. The summed E-state index contributed by atoms with van der Waals surface area (Å²) in [6.07, 6.45) is 5.24. The molecule has 0 saturated heterocycles. The summed E-state index contributed by atoms with van der Waals surface area (Å²) in [5.41, 5.74) is 1.37. The molecule has 15 heavy (non-hydrogen) atoms. The van der Waals surface area contributed by atoms with Gasteiger partial charge in [-0.2, -0.15) is 0 Å². The monoisotopic (exact) mass is 268 g/mol. The maximum absolute atomic E-state index is 5.76. The van der Waals surface area contributed by atoms with Crippen molar-refractivity contribution < 1.29 is 4.74 Å². The fraction of sp³-hybridized carbons (Fsp3) is 0.538.